The van der Waals surface area contributed by atoms with Gasteiger partial charge in [0, 0.05) is 11.9 Å². The molecule has 0 atom stereocenters. The highest BCUT2D eigenvalue weighted by molar-refractivity contribution is 6.32. The summed E-state index contributed by atoms with van der Waals surface area (Å²) in [7, 11) is 0. The standard InChI is InChI=1S/C14H15ClN2O/c1-2-18-14-7-6-11(9-13(14)15)17-10-12-5-3-4-8-16-12/h3-9,17H,2,10H2,1H3. The third-order valence-corrected chi connectivity index (χ3v) is 2.73. The second kappa shape index (κ2) is 6.26. The third-order valence-electron chi connectivity index (χ3n) is 2.43. The highest BCUT2D eigenvalue weighted by Crippen LogP contribution is 2.27. The van der Waals surface area contributed by atoms with E-state index in [1.807, 2.05) is 43.3 Å². The van der Waals surface area contributed by atoms with Gasteiger partial charge in [0.15, 0.2) is 0 Å². The first kappa shape index (κ1) is 12.7. The minimum absolute atomic E-state index is 0.612. The monoisotopic (exact) mass is 262 g/mol. The Morgan fingerprint density at radius 2 is 2.17 bits per heavy atom. The molecular formula is C14H15ClN2O. The molecule has 3 nitrogen and oxygen atoms in total. The molecule has 0 aliphatic carbocycles. The van der Waals surface area contributed by atoms with Crippen molar-refractivity contribution in [3.8, 4) is 5.75 Å². The van der Waals surface area contributed by atoms with Crippen LogP contribution in [0.2, 0.25) is 5.02 Å². The molecule has 0 unspecified atom stereocenters. The van der Waals surface area contributed by atoms with Gasteiger partial charge in [-0.25, -0.2) is 0 Å². The fraction of sp³-hybridized carbons (Fsp3) is 0.214. The van der Waals surface area contributed by atoms with Gasteiger partial charge >= 0.3 is 0 Å². The van der Waals surface area contributed by atoms with Crippen LogP contribution in [-0.4, -0.2) is 11.6 Å². The van der Waals surface area contributed by atoms with Crippen LogP contribution in [0.4, 0.5) is 5.69 Å². The predicted molar refractivity (Wildman–Crippen MR) is 74.2 cm³/mol. The second-order valence-electron chi connectivity index (χ2n) is 3.75. The Morgan fingerprint density at radius 1 is 1.28 bits per heavy atom. The van der Waals surface area contributed by atoms with Crippen molar-refractivity contribution in [2.45, 2.75) is 13.5 Å². The van der Waals surface area contributed by atoms with Gasteiger partial charge in [0.05, 0.1) is 23.9 Å². The molecule has 0 bridgehead atoms. The van der Waals surface area contributed by atoms with Crippen molar-refractivity contribution in [3.63, 3.8) is 0 Å². The Balaban J connectivity index is 2.00. The molecule has 1 N–H and O–H groups in total. The zero-order chi connectivity index (χ0) is 12.8. The molecule has 0 saturated heterocycles. The van der Waals surface area contributed by atoms with Crippen LogP contribution in [0, 0.1) is 0 Å². The van der Waals surface area contributed by atoms with Crippen LogP contribution in [0.5, 0.6) is 5.75 Å². The SMILES string of the molecule is CCOc1ccc(NCc2ccccn2)cc1Cl. The van der Waals surface area contributed by atoms with Crippen LogP contribution >= 0.6 is 11.6 Å². The van der Waals surface area contributed by atoms with E-state index >= 15 is 0 Å². The van der Waals surface area contributed by atoms with Crippen LogP contribution in [-0.2, 0) is 6.54 Å². The van der Waals surface area contributed by atoms with E-state index in [0.29, 0.717) is 23.9 Å². The van der Waals surface area contributed by atoms with E-state index in [2.05, 4.69) is 10.3 Å². The molecule has 4 heteroatoms. The number of hydrogen-bond acceptors (Lipinski definition) is 3. The Hall–Kier alpha value is -1.74. The van der Waals surface area contributed by atoms with Gasteiger partial charge in [-0.3, -0.25) is 4.98 Å². The Morgan fingerprint density at radius 3 is 2.83 bits per heavy atom. The van der Waals surface area contributed by atoms with E-state index in [4.69, 9.17) is 16.3 Å². The van der Waals surface area contributed by atoms with Gasteiger partial charge in [0.25, 0.3) is 0 Å². The molecule has 18 heavy (non-hydrogen) atoms. The first-order valence-corrected chi connectivity index (χ1v) is 6.23. The number of aromatic nitrogens is 1. The lowest BCUT2D eigenvalue weighted by Gasteiger charge is -2.09. The smallest absolute Gasteiger partial charge is 0.138 e. The summed E-state index contributed by atoms with van der Waals surface area (Å²) in [6.45, 7) is 3.22. The number of ether oxygens (including phenoxy) is 1. The summed E-state index contributed by atoms with van der Waals surface area (Å²) in [5.74, 6) is 0.711. The van der Waals surface area contributed by atoms with Crippen molar-refractivity contribution in [2.24, 2.45) is 0 Å². The van der Waals surface area contributed by atoms with Gasteiger partial charge in [-0.05, 0) is 37.3 Å². The molecule has 0 fully saturated rings. The molecule has 1 aromatic heterocycles. The fourth-order valence-electron chi connectivity index (χ4n) is 1.58. The minimum atomic E-state index is 0.612. The number of halogens is 1. The lowest BCUT2D eigenvalue weighted by Crippen LogP contribution is -2.01. The van der Waals surface area contributed by atoms with E-state index in [1.165, 1.54) is 0 Å². The molecule has 0 spiro atoms. The molecule has 0 radical (unpaired) electrons. The van der Waals surface area contributed by atoms with Crippen molar-refractivity contribution in [1.82, 2.24) is 4.98 Å². The van der Waals surface area contributed by atoms with Crippen LogP contribution in [0.25, 0.3) is 0 Å². The van der Waals surface area contributed by atoms with Crippen LogP contribution < -0.4 is 10.1 Å². The highest BCUT2D eigenvalue weighted by atomic mass is 35.5. The van der Waals surface area contributed by atoms with Gasteiger partial charge in [0.1, 0.15) is 5.75 Å². The van der Waals surface area contributed by atoms with E-state index in [0.717, 1.165) is 11.4 Å². The van der Waals surface area contributed by atoms with Crippen molar-refractivity contribution >= 4 is 17.3 Å². The molecule has 2 rings (SSSR count). The summed E-state index contributed by atoms with van der Waals surface area (Å²) in [4.78, 5) is 4.24. The van der Waals surface area contributed by atoms with Gasteiger partial charge < -0.3 is 10.1 Å². The summed E-state index contributed by atoms with van der Waals surface area (Å²) < 4.78 is 5.38. The molecule has 0 aliphatic rings. The van der Waals surface area contributed by atoms with E-state index in [1.54, 1.807) is 6.20 Å². The number of nitrogens with zero attached hydrogens (tertiary/aromatic N) is 1. The highest BCUT2D eigenvalue weighted by Gasteiger charge is 2.02. The van der Waals surface area contributed by atoms with Crippen molar-refractivity contribution in [1.29, 1.82) is 0 Å². The molecule has 1 heterocycles. The maximum Gasteiger partial charge on any atom is 0.138 e. The lowest BCUT2D eigenvalue weighted by atomic mass is 10.3. The largest absolute Gasteiger partial charge is 0.492 e. The van der Waals surface area contributed by atoms with E-state index < -0.39 is 0 Å². The number of nitrogens with one attached hydrogen (secondary N) is 1. The van der Waals surface area contributed by atoms with Crippen molar-refractivity contribution in [2.75, 3.05) is 11.9 Å². The van der Waals surface area contributed by atoms with Gasteiger partial charge in [0.2, 0.25) is 0 Å². The molecule has 0 aliphatic heterocycles. The van der Waals surface area contributed by atoms with E-state index in [-0.39, 0.29) is 0 Å². The number of rotatable bonds is 5. The maximum absolute atomic E-state index is 6.11. The topological polar surface area (TPSA) is 34.1 Å². The van der Waals surface area contributed by atoms with Gasteiger partial charge in [-0.15, -0.1) is 0 Å². The molecule has 1 aromatic carbocycles. The van der Waals surface area contributed by atoms with Crippen molar-refractivity contribution < 1.29 is 4.74 Å². The third kappa shape index (κ3) is 3.37. The summed E-state index contributed by atoms with van der Waals surface area (Å²) >= 11 is 6.11. The predicted octanol–water partition coefficient (Wildman–Crippen LogP) is 3.75. The normalized spacial score (nSPS) is 10.1. The molecular weight excluding hydrogens is 248 g/mol. The molecule has 0 amide bonds. The number of benzene rings is 1. The number of anilines is 1. The zero-order valence-corrected chi connectivity index (χ0v) is 10.9. The quantitative estimate of drug-likeness (QED) is 0.891. The summed E-state index contributed by atoms with van der Waals surface area (Å²) in [6, 6.07) is 11.5. The summed E-state index contributed by atoms with van der Waals surface area (Å²) in [5.41, 5.74) is 1.94. The first-order valence-electron chi connectivity index (χ1n) is 5.85. The van der Waals surface area contributed by atoms with Gasteiger partial charge in [-0.1, -0.05) is 17.7 Å². The first-order chi connectivity index (χ1) is 8.79. The number of pyridine rings is 1. The summed E-state index contributed by atoms with van der Waals surface area (Å²) in [5, 5.41) is 3.88. The fourth-order valence-corrected chi connectivity index (χ4v) is 1.81. The molecule has 2 aromatic rings. The summed E-state index contributed by atoms with van der Waals surface area (Å²) in [6.07, 6.45) is 1.78. The van der Waals surface area contributed by atoms with Crippen molar-refractivity contribution in [3.05, 3.63) is 53.3 Å². The molecule has 94 valence electrons. The number of hydrogen-bond donors (Lipinski definition) is 1. The Bertz CT molecular complexity index is 502. The van der Waals surface area contributed by atoms with Gasteiger partial charge in [-0.2, -0.15) is 0 Å². The molecule has 0 saturated carbocycles. The minimum Gasteiger partial charge on any atom is -0.492 e. The van der Waals surface area contributed by atoms with Crippen LogP contribution in [0.3, 0.4) is 0 Å². The maximum atomic E-state index is 6.11. The van der Waals surface area contributed by atoms with Crippen LogP contribution in [0.15, 0.2) is 42.6 Å². The zero-order valence-electron chi connectivity index (χ0n) is 10.2. The Labute approximate surface area is 112 Å². The second-order valence-corrected chi connectivity index (χ2v) is 4.16. The Kier molecular flexibility index (Phi) is 4.42. The lowest BCUT2D eigenvalue weighted by molar-refractivity contribution is 0.340. The van der Waals surface area contributed by atoms with Crippen LogP contribution in [0.1, 0.15) is 12.6 Å². The average molecular weight is 263 g/mol. The average Bonchev–Trinajstić information content (AvgIpc) is 2.41. The van der Waals surface area contributed by atoms with E-state index in [9.17, 15) is 0 Å².